The third kappa shape index (κ3) is 1.92. The highest BCUT2D eigenvalue weighted by atomic mass is 16.6. The molecule has 0 radical (unpaired) electrons. The molecule has 1 aliphatic heterocycles. The van der Waals surface area contributed by atoms with Gasteiger partial charge in [0.1, 0.15) is 5.76 Å². The van der Waals surface area contributed by atoms with Crippen molar-refractivity contribution >= 4 is 17.9 Å². The topological polar surface area (TPSA) is 78.9 Å². The maximum atomic E-state index is 11.7. The summed E-state index contributed by atoms with van der Waals surface area (Å²) in [5, 5.41) is 0. The predicted octanol–water partition coefficient (Wildman–Crippen LogP) is 1.07. The SMILES string of the molecule is C=C(C)C(=O)OCC(=O)OC1=C2OC(=O)C3CC1CC23. The maximum Gasteiger partial charge on any atom is 0.349 e. The fourth-order valence-electron chi connectivity index (χ4n) is 3.03. The first kappa shape index (κ1) is 12.9. The van der Waals surface area contributed by atoms with Crippen molar-refractivity contribution in [3.05, 3.63) is 23.7 Å². The summed E-state index contributed by atoms with van der Waals surface area (Å²) < 4.78 is 15.1. The number of rotatable bonds is 4. The second-order valence-corrected chi connectivity index (χ2v) is 5.36. The maximum absolute atomic E-state index is 11.7. The van der Waals surface area contributed by atoms with Gasteiger partial charge in [-0.1, -0.05) is 6.58 Å². The first-order valence-corrected chi connectivity index (χ1v) is 6.46. The van der Waals surface area contributed by atoms with Gasteiger partial charge in [-0.2, -0.15) is 0 Å². The zero-order valence-corrected chi connectivity index (χ0v) is 11.0. The zero-order valence-electron chi connectivity index (χ0n) is 11.0. The summed E-state index contributed by atoms with van der Waals surface area (Å²) in [6, 6.07) is 0. The average molecular weight is 278 g/mol. The van der Waals surface area contributed by atoms with Crippen molar-refractivity contribution in [1.29, 1.82) is 0 Å². The molecule has 3 aliphatic rings. The summed E-state index contributed by atoms with van der Waals surface area (Å²) in [7, 11) is 0. The van der Waals surface area contributed by atoms with Gasteiger partial charge >= 0.3 is 17.9 Å². The number of carbonyl (C=O) groups excluding carboxylic acids is 3. The van der Waals surface area contributed by atoms with Crippen LogP contribution in [0.1, 0.15) is 19.8 Å². The molecule has 0 aromatic carbocycles. The molecule has 1 saturated carbocycles. The standard InChI is InChI=1S/C14H14O6/c1-6(2)13(16)18-5-10(15)19-11-7-3-8-9(4-7)14(17)20-12(8)11/h7-9H,1,3-5H2,2H3. The number of carbonyl (C=O) groups is 3. The Bertz CT molecular complexity index is 558. The average Bonchev–Trinajstić information content (AvgIpc) is 3.00. The summed E-state index contributed by atoms with van der Waals surface area (Å²) in [4.78, 5) is 34.4. The minimum atomic E-state index is -0.672. The number of hydrogen-bond donors (Lipinski definition) is 0. The molecule has 0 N–H and O–H groups in total. The van der Waals surface area contributed by atoms with Gasteiger partial charge in [0.15, 0.2) is 12.4 Å². The summed E-state index contributed by atoms with van der Waals surface area (Å²) in [5.74, 6) is -0.551. The Balaban J connectivity index is 1.62. The lowest BCUT2D eigenvalue weighted by Gasteiger charge is -2.14. The first-order chi connectivity index (χ1) is 9.47. The van der Waals surface area contributed by atoms with Crippen LogP contribution in [0.4, 0.5) is 0 Å². The second kappa shape index (κ2) is 4.47. The Kier molecular flexibility index (Phi) is 2.88. The normalized spacial score (nSPS) is 29.4. The van der Waals surface area contributed by atoms with Crippen molar-refractivity contribution in [2.24, 2.45) is 17.8 Å². The highest BCUT2D eigenvalue weighted by Gasteiger charge is 2.57. The van der Waals surface area contributed by atoms with Crippen LogP contribution in [0.15, 0.2) is 23.7 Å². The van der Waals surface area contributed by atoms with Crippen LogP contribution in [-0.4, -0.2) is 24.5 Å². The van der Waals surface area contributed by atoms with E-state index in [0.29, 0.717) is 17.9 Å². The van der Waals surface area contributed by atoms with Crippen LogP contribution < -0.4 is 0 Å². The van der Waals surface area contributed by atoms with Gasteiger partial charge in [0.25, 0.3) is 0 Å². The Labute approximate surface area is 115 Å². The minimum absolute atomic E-state index is 0.0623. The Morgan fingerprint density at radius 3 is 2.75 bits per heavy atom. The largest absolute Gasteiger partial charge is 0.450 e. The number of esters is 3. The van der Waals surface area contributed by atoms with E-state index in [9.17, 15) is 14.4 Å². The molecule has 6 heteroatoms. The Hall–Kier alpha value is -2.11. The fourth-order valence-corrected chi connectivity index (χ4v) is 3.03. The van der Waals surface area contributed by atoms with Crippen LogP contribution in [-0.2, 0) is 28.6 Å². The van der Waals surface area contributed by atoms with Crippen LogP contribution >= 0.6 is 0 Å². The summed E-state index contributed by atoms with van der Waals surface area (Å²) in [6.07, 6.45) is 1.46. The molecule has 3 rings (SSSR count). The third-order valence-corrected chi connectivity index (χ3v) is 3.92. The zero-order chi connectivity index (χ0) is 14.4. The smallest absolute Gasteiger partial charge is 0.349 e. The number of hydrogen-bond acceptors (Lipinski definition) is 6. The van der Waals surface area contributed by atoms with Crippen LogP contribution in [0.5, 0.6) is 0 Å². The van der Waals surface area contributed by atoms with Gasteiger partial charge in [0.2, 0.25) is 0 Å². The molecule has 2 fully saturated rings. The van der Waals surface area contributed by atoms with E-state index in [4.69, 9.17) is 14.2 Å². The van der Waals surface area contributed by atoms with Crippen LogP contribution in [0.25, 0.3) is 0 Å². The molecule has 1 heterocycles. The van der Waals surface area contributed by atoms with Crippen molar-refractivity contribution in [2.45, 2.75) is 19.8 Å². The monoisotopic (exact) mass is 278 g/mol. The Morgan fingerprint density at radius 2 is 2.05 bits per heavy atom. The molecular formula is C14H14O6. The van der Waals surface area contributed by atoms with E-state index in [2.05, 4.69) is 6.58 Å². The number of ether oxygens (including phenoxy) is 3. The third-order valence-electron chi connectivity index (χ3n) is 3.92. The van der Waals surface area contributed by atoms with E-state index < -0.39 is 18.5 Å². The molecular weight excluding hydrogens is 264 g/mol. The van der Waals surface area contributed by atoms with Crippen molar-refractivity contribution < 1.29 is 28.6 Å². The first-order valence-electron chi connectivity index (χ1n) is 6.46. The molecule has 0 aromatic heterocycles. The van der Waals surface area contributed by atoms with Gasteiger partial charge in [-0.3, -0.25) is 4.79 Å². The molecule has 1 saturated heterocycles. The van der Waals surface area contributed by atoms with Crippen LogP contribution in [0.3, 0.4) is 0 Å². The lowest BCUT2D eigenvalue weighted by molar-refractivity contribution is -0.154. The van der Waals surface area contributed by atoms with E-state index in [1.165, 1.54) is 6.92 Å². The van der Waals surface area contributed by atoms with Crippen molar-refractivity contribution in [1.82, 2.24) is 0 Å². The molecule has 2 bridgehead atoms. The Morgan fingerprint density at radius 1 is 1.35 bits per heavy atom. The molecule has 0 amide bonds. The molecule has 6 nitrogen and oxygen atoms in total. The van der Waals surface area contributed by atoms with Crippen molar-refractivity contribution in [3.8, 4) is 0 Å². The summed E-state index contributed by atoms with van der Waals surface area (Å²) in [5.41, 5.74) is 0.215. The van der Waals surface area contributed by atoms with E-state index in [1.807, 2.05) is 0 Å². The molecule has 106 valence electrons. The van der Waals surface area contributed by atoms with Gasteiger partial charge in [-0.05, 0) is 19.8 Å². The van der Waals surface area contributed by atoms with E-state index in [0.717, 1.165) is 6.42 Å². The van der Waals surface area contributed by atoms with E-state index in [1.54, 1.807) is 0 Å². The van der Waals surface area contributed by atoms with Gasteiger partial charge in [-0.25, -0.2) is 9.59 Å². The van der Waals surface area contributed by atoms with Crippen molar-refractivity contribution in [3.63, 3.8) is 0 Å². The molecule has 2 aliphatic carbocycles. The van der Waals surface area contributed by atoms with Crippen molar-refractivity contribution in [2.75, 3.05) is 6.61 Å². The number of allylic oxidation sites excluding steroid dienone is 2. The van der Waals surface area contributed by atoms with Gasteiger partial charge in [0.05, 0.1) is 5.92 Å². The van der Waals surface area contributed by atoms with Crippen LogP contribution in [0.2, 0.25) is 0 Å². The quantitative estimate of drug-likeness (QED) is 0.435. The fraction of sp³-hybridized carbons (Fsp3) is 0.500. The van der Waals surface area contributed by atoms with Gasteiger partial charge in [0, 0.05) is 17.4 Å². The molecule has 0 spiro atoms. The van der Waals surface area contributed by atoms with Crippen LogP contribution in [0, 0.1) is 17.8 Å². The molecule has 0 aromatic rings. The molecule has 3 unspecified atom stereocenters. The van der Waals surface area contributed by atoms with E-state index >= 15 is 0 Å². The minimum Gasteiger partial charge on any atom is -0.450 e. The highest BCUT2D eigenvalue weighted by Crippen LogP contribution is 2.56. The van der Waals surface area contributed by atoms with E-state index in [-0.39, 0.29) is 29.3 Å². The lowest BCUT2D eigenvalue weighted by atomic mass is 9.94. The van der Waals surface area contributed by atoms with Gasteiger partial charge in [-0.15, -0.1) is 0 Å². The summed E-state index contributed by atoms with van der Waals surface area (Å²) >= 11 is 0. The molecule has 3 atom stereocenters. The molecule has 20 heavy (non-hydrogen) atoms. The predicted molar refractivity (Wildman–Crippen MR) is 64.7 cm³/mol. The summed E-state index contributed by atoms with van der Waals surface area (Å²) in [6.45, 7) is 4.43. The highest BCUT2D eigenvalue weighted by molar-refractivity contribution is 5.88. The van der Waals surface area contributed by atoms with Gasteiger partial charge < -0.3 is 14.2 Å². The second-order valence-electron chi connectivity index (χ2n) is 5.36. The number of fused-ring (bicyclic) bond motifs is 1. The lowest BCUT2D eigenvalue weighted by Crippen LogP contribution is -2.19.